The summed E-state index contributed by atoms with van der Waals surface area (Å²) >= 11 is 0. The summed E-state index contributed by atoms with van der Waals surface area (Å²) in [5, 5.41) is 2.58. The largest absolute Gasteiger partial charge is 0.497 e. The Labute approximate surface area is 225 Å². The molecular weight excluding hydrogens is 502 g/mol. The molecule has 200 valence electrons. The van der Waals surface area contributed by atoms with Gasteiger partial charge in [-0.2, -0.15) is 0 Å². The molecular formula is C31H28F2N2O4. The number of halogens is 2. The minimum absolute atomic E-state index is 0.0412. The minimum Gasteiger partial charge on any atom is -0.497 e. The number of Topliss-reactive ketones (excluding diaryl/α,β-unsaturated/α-hetero) is 1. The van der Waals surface area contributed by atoms with Crippen molar-refractivity contribution >= 4 is 23.1 Å². The topological polar surface area (TPSA) is 77.0 Å². The van der Waals surface area contributed by atoms with Gasteiger partial charge < -0.3 is 14.8 Å². The summed E-state index contributed by atoms with van der Waals surface area (Å²) in [6, 6.07) is 18.0. The second kappa shape index (κ2) is 10.8. The van der Waals surface area contributed by atoms with Gasteiger partial charge in [-0.1, -0.05) is 30.3 Å². The fourth-order valence-electron chi connectivity index (χ4n) is 5.58. The number of ketones is 1. The van der Waals surface area contributed by atoms with Crippen molar-refractivity contribution in [2.45, 2.75) is 31.6 Å². The summed E-state index contributed by atoms with van der Waals surface area (Å²) in [5.41, 5.74) is 3.02. The van der Waals surface area contributed by atoms with Crippen LogP contribution in [0, 0.1) is 17.6 Å². The van der Waals surface area contributed by atoms with Crippen LogP contribution in [-0.2, 0) is 9.59 Å². The number of benzene rings is 3. The quantitative estimate of drug-likeness (QED) is 0.412. The highest BCUT2D eigenvalue weighted by Gasteiger charge is 2.45. The molecule has 1 aliphatic carbocycles. The smallest absolute Gasteiger partial charge is 0.234 e. The van der Waals surface area contributed by atoms with Crippen LogP contribution in [0.25, 0.3) is 0 Å². The third-order valence-corrected chi connectivity index (χ3v) is 7.40. The Kier molecular flexibility index (Phi) is 7.28. The van der Waals surface area contributed by atoms with Gasteiger partial charge in [0.25, 0.3) is 0 Å². The van der Waals surface area contributed by atoms with Gasteiger partial charge in [-0.15, -0.1) is 0 Å². The van der Waals surface area contributed by atoms with Crippen molar-refractivity contribution in [2.24, 2.45) is 10.9 Å². The van der Waals surface area contributed by atoms with E-state index < -0.39 is 29.4 Å². The van der Waals surface area contributed by atoms with Crippen LogP contribution in [0.15, 0.2) is 83.0 Å². The number of nitrogens with one attached hydrogen (secondary N) is 1. The first-order valence-corrected chi connectivity index (χ1v) is 12.6. The van der Waals surface area contributed by atoms with E-state index in [2.05, 4.69) is 5.32 Å². The van der Waals surface area contributed by atoms with E-state index >= 15 is 0 Å². The van der Waals surface area contributed by atoms with E-state index in [1.54, 1.807) is 25.1 Å². The number of ether oxygens (including phenoxy) is 2. The van der Waals surface area contributed by atoms with Gasteiger partial charge in [-0.05, 0) is 55.2 Å². The molecule has 2 aliphatic rings. The third kappa shape index (κ3) is 5.06. The van der Waals surface area contributed by atoms with E-state index in [4.69, 9.17) is 14.5 Å². The third-order valence-electron chi connectivity index (χ3n) is 7.40. The number of nitrogens with zero attached hydrogens (tertiary/aromatic N) is 1. The number of hydrogen-bond donors (Lipinski definition) is 1. The van der Waals surface area contributed by atoms with Crippen LogP contribution in [-0.4, -0.2) is 31.6 Å². The first-order chi connectivity index (χ1) is 18.8. The Morgan fingerprint density at radius 3 is 2.44 bits per heavy atom. The summed E-state index contributed by atoms with van der Waals surface area (Å²) in [6.07, 6.45) is 0.799. The summed E-state index contributed by atoms with van der Waals surface area (Å²) in [4.78, 5) is 32.4. The number of aliphatic imine (C=N–C) groups is 1. The average Bonchev–Trinajstić information content (AvgIpc) is 2.93. The maximum atomic E-state index is 14.5. The molecule has 1 heterocycles. The molecule has 0 saturated heterocycles. The number of amides is 1. The summed E-state index contributed by atoms with van der Waals surface area (Å²) in [7, 11) is 3.04. The molecule has 0 bridgehead atoms. The number of carbonyl (C=O) groups excluding carboxylic acids is 2. The van der Waals surface area contributed by atoms with Crippen LogP contribution in [0.3, 0.4) is 0 Å². The average molecular weight is 531 g/mol. The van der Waals surface area contributed by atoms with Crippen LogP contribution < -0.4 is 14.8 Å². The van der Waals surface area contributed by atoms with Crippen LogP contribution in [0.5, 0.6) is 11.5 Å². The van der Waals surface area contributed by atoms with Crippen molar-refractivity contribution < 1.29 is 27.8 Å². The van der Waals surface area contributed by atoms with Gasteiger partial charge in [0.1, 0.15) is 23.1 Å². The summed E-state index contributed by atoms with van der Waals surface area (Å²) in [5.74, 6) is -3.07. The molecule has 1 unspecified atom stereocenters. The molecule has 5 rings (SSSR count). The van der Waals surface area contributed by atoms with E-state index in [-0.39, 0.29) is 23.8 Å². The molecule has 0 fully saturated rings. The van der Waals surface area contributed by atoms with E-state index in [0.29, 0.717) is 46.5 Å². The molecule has 6 nitrogen and oxygen atoms in total. The Morgan fingerprint density at radius 2 is 1.74 bits per heavy atom. The van der Waals surface area contributed by atoms with Crippen molar-refractivity contribution in [3.8, 4) is 11.5 Å². The molecule has 3 atom stereocenters. The summed E-state index contributed by atoms with van der Waals surface area (Å²) < 4.78 is 39.1. The molecule has 0 aromatic heterocycles. The highest BCUT2D eigenvalue weighted by molar-refractivity contribution is 6.13. The predicted molar refractivity (Wildman–Crippen MR) is 144 cm³/mol. The lowest BCUT2D eigenvalue weighted by molar-refractivity contribution is -0.119. The standard InChI is InChI=1S/C31H28F2N2O4/c1-17-28(31(37)35-24-11-9-20(32)15-23(24)33)29(22-16-21(38-2)10-12-27(22)39-3)30-25(34-17)13-19(14-26(30)36)18-7-5-4-6-8-18/h4-12,15-16,19,28-29H,13-14H2,1-3H3,(H,35,37)/t19-,28?,29-/m1/s1. The summed E-state index contributed by atoms with van der Waals surface area (Å²) in [6.45, 7) is 1.73. The number of carbonyl (C=O) groups is 2. The second-order valence-electron chi connectivity index (χ2n) is 9.73. The van der Waals surface area contributed by atoms with Crippen molar-refractivity contribution in [2.75, 3.05) is 19.5 Å². The van der Waals surface area contributed by atoms with Gasteiger partial charge in [0.15, 0.2) is 5.78 Å². The van der Waals surface area contributed by atoms with Crippen molar-refractivity contribution in [1.82, 2.24) is 0 Å². The van der Waals surface area contributed by atoms with E-state index in [1.807, 2.05) is 30.3 Å². The SMILES string of the molecule is COc1ccc(OC)c([C@H]2C3=C(C[C@@H](c4ccccc4)CC3=O)N=C(C)C2C(=O)Nc2ccc(F)cc2F)c1. The Balaban J connectivity index is 1.63. The van der Waals surface area contributed by atoms with Gasteiger partial charge in [0.05, 0.1) is 25.8 Å². The molecule has 0 saturated carbocycles. The van der Waals surface area contributed by atoms with Crippen LogP contribution in [0.4, 0.5) is 14.5 Å². The zero-order valence-electron chi connectivity index (χ0n) is 21.8. The fraction of sp³-hybridized carbons (Fsp3) is 0.258. The zero-order valence-corrected chi connectivity index (χ0v) is 21.8. The normalized spacial score (nSPS) is 20.7. The van der Waals surface area contributed by atoms with E-state index in [9.17, 15) is 18.4 Å². The Hall–Kier alpha value is -4.33. The van der Waals surface area contributed by atoms with Gasteiger partial charge >= 0.3 is 0 Å². The Bertz CT molecular complexity index is 1500. The fourth-order valence-corrected chi connectivity index (χ4v) is 5.58. The maximum absolute atomic E-state index is 14.5. The van der Waals surface area contributed by atoms with Crippen LogP contribution >= 0.6 is 0 Å². The lowest BCUT2D eigenvalue weighted by Crippen LogP contribution is -2.40. The molecule has 39 heavy (non-hydrogen) atoms. The van der Waals surface area contributed by atoms with E-state index in [1.165, 1.54) is 20.3 Å². The minimum atomic E-state index is -0.952. The van der Waals surface area contributed by atoms with Gasteiger partial charge in [0.2, 0.25) is 5.91 Å². The monoisotopic (exact) mass is 530 g/mol. The highest BCUT2D eigenvalue weighted by Crippen LogP contribution is 2.49. The van der Waals surface area contributed by atoms with Gasteiger partial charge in [-0.3, -0.25) is 14.6 Å². The predicted octanol–water partition coefficient (Wildman–Crippen LogP) is 6.20. The number of methoxy groups -OCH3 is 2. The van der Waals surface area contributed by atoms with Gasteiger partial charge in [-0.25, -0.2) is 8.78 Å². The molecule has 0 radical (unpaired) electrons. The Morgan fingerprint density at radius 1 is 0.974 bits per heavy atom. The van der Waals surface area contributed by atoms with E-state index in [0.717, 1.165) is 11.6 Å². The molecule has 1 N–H and O–H groups in total. The number of hydrogen-bond acceptors (Lipinski definition) is 5. The first kappa shape index (κ1) is 26.3. The molecule has 3 aromatic carbocycles. The number of allylic oxidation sites excluding steroid dienone is 2. The second-order valence-corrected chi connectivity index (χ2v) is 9.73. The van der Waals surface area contributed by atoms with Crippen molar-refractivity contribution in [3.05, 3.63) is 101 Å². The highest BCUT2D eigenvalue weighted by atomic mass is 19.1. The van der Waals surface area contributed by atoms with Crippen molar-refractivity contribution in [1.29, 1.82) is 0 Å². The first-order valence-electron chi connectivity index (χ1n) is 12.6. The zero-order chi connectivity index (χ0) is 27.7. The van der Waals surface area contributed by atoms with Gasteiger partial charge in [0, 0.05) is 41.0 Å². The van der Waals surface area contributed by atoms with Crippen LogP contribution in [0.1, 0.15) is 42.7 Å². The molecule has 8 heteroatoms. The molecule has 1 aliphatic heterocycles. The molecule has 0 spiro atoms. The molecule has 3 aromatic rings. The van der Waals surface area contributed by atoms with Crippen LogP contribution in [0.2, 0.25) is 0 Å². The van der Waals surface area contributed by atoms with Crippen molar-refractivity contribution in [3.63, 3.8) is 0 Å². The number of anilines is 1. The lowest BCUT2D eigenvalue weighted by Gasteiger charge is -2.37. The maximum Gasteiger partial charge on any atom is 0.234 e. The number of rotatable bonds is 6. The molecule has 1 amide bonds. The lowest BCUT2D eigenvalue weighted by atomic mass is 9.68.